The molecular weight excluding hydrogens is 314 g/mol. The van der Waals surface area contributed by atoms with Gasteiger partial charge >= 0.3 is 0 Å². The fourth-order valence-corrected chi connectivity index (χ4v) is 4.27. The van der Waals surface area contributed by atoms with Crippen LogP contribution in [0.15, 0.2) is 35.0 Å². The van der Waals surface area contributed by atoms with Crippen molar-refractivity contribution in [3.63, 3.8) is 0 Å². The highest BCUT2D eigenvalue weighted by atomic mass is 16.5. The van der Waals surface area contributed by atoms with E-state index in [4.69, 9.17) is 4.52 Å². The van der Waals surface area contributed by atoms with E-state index in [9.17, 15) is 5.11 Å². The Hall–Kier alpha value is -1.72. The number of pyridine rings is 1. The molecule has 3 heterocycles. The summed E-state index contributed by atoms with van der Waals surface area (Å²) in [6.45, 7) is 2.30. The van der Waals surface area contributed by atoms with Crippen LogP contribution < -0.4 is 0 Å². The maximum absolute atomic E-state index is 10.4. The molecule has 2 fully saturated rings. The molecule has 1 aliphatic heterocycles. The molecule has 0 spiro atoms. The molecule has 0 radical (unpaired) electrons. The molecule has 1 saturated heterocycles. The van der Waals surface area contributed by atoms with E-state index in [1.165, 1.54) is 32.1 Å². The third-order valence-corrected chi connectivity index (χ3v) is 5.66. The Kier molecular flexibility index (Phi) is 5.13. The van der Waals surface area contributed by atoms with Crippen LogP contribution in [0.25, 0.3) is 0 Å². The summed E-state index contributed by atoms with van der Waals surface area (Å²) in [5.74, 6) is 1.73. The van der Waals surface area contributed by atoms with Crippen molar-refractivity contribution in [2.75, 3.05) is 13.1 Å². The van der Waals surface area contributed by atoms with Crippen molar-refractivity contribution in [1.82, 2.24) is 15.0 Å². The van der Waals surface area contributed by atoms with Crippen LogP contribution in [0.3, 0.4) is 0 Å². The number of rotatable bonds is 5. The van der Waals surface area contributed by atoms with E-state index in [-0.39, 0.29) is 12.0 Å². The minimum Gasteiger partial charge on any atom is -0.391 e. The summed E-state index contributed by atoms with van der Waals surface area (Å²) in [6, 6.07) is 8.09. The minimum atomic E-state index is -0.303. The number of aromatic nitrogens is 2. The van der Waals surface area contributed by atoms with E-state index < -0.39 is 0 Å². The lowest BCUT2D eigenvalue weighted by molar-refractivity contribution is 0.139. The average molecular weight is 341 g/mol. The summed E-state index contributed by atoms with van der Waals surface area (Å²) in [6.07, 6.45) is 8.77. The van der Waals surface area contributed by atoms with Crippen molar-refractivity contribution in [3.8, 4) is 0 Å². The van der Waals surface area contributed by atoms with Crippen LogP contribution in [0.4, 0.5) is 0 Å². The molecule has 1 saturated carbocycles. The fourth-order valence-electron chi connectivity index (χ4n) is 4.27. The first-order valence-corrected chi connectivity index (χ1v) is 9.54. The molecule has 5 nitrogen and oxygen atoms in total. The molecule has 2 aliphatic rings. The van der Waals surface area contributed by atoms with Gasteiger partial charge in [0.25, 0.3) is 0 Å². The first-order chi connectivity index (χ1) is 12.3. The molecule has 0 unspecified atom stereocenters. The third-order valence-electron chi connectivity index (χ3n) is 5.66. The number of aliphatic hydroxyl groups is 1. The predicted molar refractivity (Wildman–Crippen MR) is 95.0 cm³/mol. The van der Waals surface area contributed by atoms with Gasteiger partial charge in [0.15, 0.2) is 5.76 Å². The van der Waals surface area contributed by atoms with E-state index in [0.717, 1.165) is 36.7 Å². The molecule has 2 aromatic rings. The van der Waals surface area contributed by atoms with Crippen molar-refractivity contribution in [1.29, 1.82) is 0 Å². The molecule has 25 heavy (non-hydrogen) atoms. The molecule has 2 aromatic heterocycles. The third kappa shape index (κ3) is 4.10. The lowest BCUT2D eigenvalue weighted by Crippen LogP contribution is -2.21. The van der Waals surface area contributed by atoms with Gasteiger partial charge in [-0.2, -0.15) is 0 Å². The Morgan fingerprint density at radius 1 is 1.16 bits per heavy atom. The summed E-state index contributed by atoms with van der Waals surface area (Å²) in [5, 5.41) is 14.7. The Morgan fingerprint density at radius 2 is 2.04 bits per heavy atom. The van der Waals surface area contributed by atoms with Crippen molar-refractivity contribution >= 4 is 0 Å². The standard InChI is InChI=1S/C20H27N3O2/c24-20-14-23(12-16(20)10-17-8-4-5-9-21-17)13-18-11-19(22-25-18)15-6-2-1-3-7-15/h4-5,8-9,11,15-16,20,24H,1-3,6-7,10,12-14H2/t16-,20-/m1/s1. The highest BCUT2D eigenvalue weighted by molar-refractivity contribution is 5.12. The number of nitrogens with zero attached hydrogens (tertiary/aromatic N) is 3. The van der Waals surface area contributed by atoms with Gasteiger partial charge in [-0.3, -0.25) is 9.88 Å². The SMILES string of the molecule is O[C@@H]1CN(Cc2cc(C3CCCCC3)no2)C[C@H]1Cc1ccccn1. The summed E-state index contributed by atoms with van der Waals surface area (Å²) < 4.78 is 5.58. The fraction of sp³-hybridized carbons (Fsp3) is 0.600. The molecule has 5 heteroatoms. The number of likely N-dealkylation sites (tertiary alicyclic amines) is 1. The first kappa shape index (κ1) is 16.7. The Morgan fingerprint density at radius 3 is 2.84 bits per heavy atom. The highest BCUT2D eigenvalue weighted by Gasteiger charge is 2.32. The van der Waals surface area contributed by atoms with Gasteiger partial charge in [0, 0.05) is 42.9 Å². The van der Waals surface area contributed by atoms with Gasteiger partial charge in [-0.15, -0.1) is 0 Å². The van der Waals surface area contributed by atoms with Gasteiger partial charge in [0.05, 0.1) is 18.3 Å². The zero-order valence-electron chi connectivity index (χ0n) is 14.7. The largest absolute Gasteiger partial charge is 0.391 e. The van der Waals surface area contributed by atoms with E-state index in [1.54, 1.807) is 0 Å². The Bertz CT molecular complexity index is 667. The van der Waals surface area contributed by atoms with Gasteiger partial charge in [0.2, 0.25) is 0 Å². The summed E-state index contributed by atoms with van der Waals surface area (Å²) in [4.78, 5) is 6.65. The summed E-state index contributed by atoms with van der Waals surface area (Å²) in [7, 11) is 0. The van der Waals surface area contributed by atoms with Crippen molar-refractivity contribution in [2.24, 2.45) is 5.92 Å². The predicted octanol–water partition coefficient (Wildman–Crippen LogP) is 3.15. The van der Waals surface area contributed by atoms with E-state index >= 15 is 0 Å². The maximum Gasteiger partial charge on any atom is 0.150 e. The van der Waals surface area contributed by atoms with Crippen molar-refractivity contribution < 1.29 is 9.63 Å². The van der Waals surface area contributed by atoms with Gasteiger partial charge in [0.1, 0.15) is 0 Å². The summed E-state index contributed by atoms with van der Waals surface area (Å²) in [5.41, 5.74) is 2.17. The zero-order chi connectivity index (χ0) is 17.1. The monoisotopic (exact) mass is 341 g/mol. The van der Waals surface area contributed by atoms with Gasteiger partial charge in [-0.25, -0.2) is 0 Å². The number of hydrogen-bond acceptors (Lipinski definition) is 5. The molecule has 2 atom stereocenters. The van der Waals surface area contributed by atoms with E-state index in [0.29, 0.717) is 12.5 Å². The molecule has 1 N–H and O–H groups in total. The zero-order valence-corrected chi connectivity index (χ0v) is 14.7. The van der Waals surface area contributed by atoms with Crippen molar-refractivity contribution in [2.45, 2.75) is 57.1 Å². The molecule has 0 bridgehead atoms. The van der Waals surface area contributed by atoms with Gasteiger partial charge in [-0.1, -0.05) is 30.5 Å². The first-order valence-electron chi connectivity index (χ1n) is 9.54. The maximum atomic E-state index is 10.4. The van der Waals surface area contributed by atoms with Gasteiger partial charge in [-0.05, 0) is 31.4 Å². The minimum absolute atomic E-state index is 0.232. The van der Waals surface area contributed by atoms with Crippen LogP contribution in [-0.2, 0) is 13.0 Å². The lowest BCUT2D eigenvalue weighted by atomic mass is 9.87. The molecule has 0 amide bonds. The second kappa shape index (κ2) is 7.67. The average Bonchev–Trinajstić information content (AvgIpc) is 3.24. The Balaban J connectivity index is 1.33. The summed E-state index contributed by atoms with van der Waals surface area (Å²) >= 11 is 0. The van der Waals surface area contributed by atoms with E-state index in [2.05, 4.69) is 21.1 Å². The lowest BCUT2D eigenvalue weighted by Gasteiger charge is -2.18. The second-order valence-electron chi connectivity index (χ2n) is 7.60. The smallest absolute Gasteiger partial charge is 0.150 e. The topological polar surface area (TPSA) is 62.4 Å². The number of aliphatic hydroxyl groups excluding tert-OH is 1. The van der Waals surface area contributed by atoms with Crippen LogP contribution in [0, 0.1) is 5.92 Å². The van der Waals surface area contributed by atoms with E-state index in [1.807, 2.05) is 24.4 Å². The molecule has 4 rings (SSSR count). The van der Waals surface area contributed by atoms with Crippen LogP contribution in [0.2, 0.25) is 0 Å². The van der Waals surface area contributed by atoms with Gasteiger partial charge < -0.3 is 9.63 Å². The molecule has 134 valence electrons. The molecule has 1 aliphatic carbocycles. The normalized spacial score (nSPS) is 25.5. The highest BCUT2D eigenvalue weighted by Crippen LogP contribution is 2.32. The van der Waals surface area contributed by atoms with Crippen LogP contribution in [-0.4, -0.2) is 39.3 Å². The molecule has 0 aromatic carbocycles. The quantitative estimate of drug-likeness (QED) is 0.905. The molecular formula is C20H27N3O2. The number of β-amino-alcohol motifs (C(OH)–C–C–N with tert-alkyl or cyclic N) is 1. The van der Waals surface area contributed by atoms with Crippen LogP contribution in [0.5, 0.6) is 0 Å². The Labute approximate surface area is 149 Å². The number of hydrogen-bond donors (Lipinski definition) is 1. The second-order valence-corrected chi connectivity index (χ2v) is 7.60. The van der Waals surface area contributed by atoms with Crippen LogP contribution >= 0.6 is 0 Å². The van der Waals surface area contributed by atoms with Crippen LogP contribution in [0.1, 0.15) is 55.2 Å². The van der Waals surface area contributed by atoms with Crippen molar-refractivity contribution in [3.05, 3.63) is 47.6 Å².